The molecule has 8 heteroatoms. The van der Waals surface area contributed by atoms with E-state index in [9.17, 15) is 9.50 Å². The lowest BCUT2D eigenvalue weighted by Crippen LogP contribution is -2.34. The van der Waals surface area contributed by atoms with E-state index in [4.69, 9.17) is 0 Å². The van der Waals surface area contributed by atoms with Gasteiger partial charge in [0.15, 0.2) is 11.6 Å². The maximum atomic E-state index is 14.0. The Bertz CT molecular complexity index is 702. The van der Waals surface area contributed by atoms with Gasteiger partial charge in [-0.3, -0.25) is 4.99 Å². The van der Waals surface area contributed by atoms with Crippen LogP contribution in [0.5, 0.6) is 0 Å². The van der Waals surface area contributed by atoms with Crippen LogP contribution in [-0.4, -0.2) is 65.8 Å². The van der Waals surface area contributed by atoms with Crippen LogP contribution in [0.1, 0.15) is 6.42 Å². The number of halogens is 1. The molecule has 0 aromatic carbocycles. The van der Waals surface area contributed by atoms with Crippen molar-refractivity contribution >= 4 is 30.4 Å². The Morgan fingerprint density at radius 2 is 2.12 bits per heavy atom. The van der Waals surface area contributed by atoms with Gasteiger partial charge in [-0.2, -0.15) is 0 Å². The van der Waals surface area contributed by atoms with Gasteiger partial charge in [0.2, 0.25) is 0 Å². The predicted molar refractivity (Wildman–Crippen MR) is 94.2 cm³/mol. The Labute approximate surface area is 140 Å². The number of likely N-dealkylation sites (N-methyl/N-ethyl adjacent to an activating group) is 1. The first kappa shape index (κ1) is 17.7. The van der Waals surface area contributed by atoms with Crippen molar-refractivity contribution in [3.63, 3.8) is 0 Å². The van der Waals surface area contributed by atoms with E-state index in [0.717, 1.165) is 0 Å². The fourth-order valence-electron chi connectivity index (χ4n) is 2.40. The summed E-state index contributed by atoms with van der Waals surface area (Å²) >= 11 is 0. The number of rotatable bonds is 6. The number of nitrogens with zero attached hydrogens (tertiary/aromatic N) is 6. The molecular formula is C16H21FN6O. The van der Waals surface area contributed by atoms with Gasteiger partial charge in [0.05, 0.1) is 12.4 Å². The molecule has 24 heavy (non-hydrogen) atoms. The first-order chi connectivity index (χ1) is 11.3. The van der Waals surface area contributed by atoms with E-state index in [-0.39, 0.29) is 6.42 Å². The zero-order valence-electron chi connectivity index (χ0n) is 14.0. The Kier molecular flexibility index (Phi) is 5.08. The second-order valence-corrected chi connectivity index (χ2v) is 5.76. The highest BCUT2D eigenvalue weighted by atomic mass is 19.1. The second-order valence-electron chi connectivity index (χ2n) is 5.76. The quantitative estimate of drug-likeness (QED) is 0.490. The highest BCUT2D eigenvalue weighted by Crippen LogP contribution is 2.39. The van der Waals surface area contributed by atoms with E-state index < -0.39 is 17.5 Å². The lowest BCUT2D eigenvalue weighted by atomic mass is 10.0. The average molecular weight is 332 g/mol. The van der Waals surface area contributed by atoms with E-state index in [0.29, 0.717) is 17.3 Å². The third kappa shape index (κ3) is 3.33. The molecule has 1 aromatic heterocycles. The molecule has 1 aromatic rings. The molecule has 7 nitrogen and oxygen atoms in total. The van der Waals surface area contributed by atoms with Gasteiger partial charge in [-0.15, -0.1) is 0 Å². The summed E-state index contributed by atoms with van der Waals surface area (Å²) in [5.74, 6) is 0.188. The monoisotopic (exact) mass is 332 g/mol. The van der Waals surface area contributed by atoms with E-state index in [1.807, 2.05) is 14.1 Å². The fourth-order valence-corrected chi connectivity index (χ4v) is 2.40. The van der Waals surface area contributed by atoms with Crippen LogP contribution in [0.4, 0.5) is 21.7 Å². The largest absolute Gasteiger partial charge is 0.379 e. The molecule has 0 saturated heterocycles. The van der Waals surface area contributed by atoms with Crippen molar-refractivity contribution in [1.29, 1.82) is 0 Å². The summed E-state index contributed by atoms with van der Waals surface area (Å²) < 4.78 is 14.0. The van der Waals surface area contributed by atoms with Crippen molar-refractivity contribution < 1.29 is 9.50 Å². The summed E-state index contributed by atoms with van der Waals surface area (Å²) in [6.45, 7) is 7.04. The average Bonchev–Trinajstić information content (AvgIpc) is 2.87. The number of aromatic nitrogens is 2. The molecule has 1 heterocycles. The predicted octanol–water partition coefficient (Wildman–Crippen LogP) is 2.01. The summed E-state index contributed by atoms with van der Waals surface area (Å²) in [6.07, 6.45) is 5.63. The zero-order valence-corrected chi connectivity index (χ0v) is 14.0. The van der Waals surface area contributed by atoms with Gasteiger partial charge in [-0.1, -0.05) is 12.7 Å². The molecule has 2 rings (SSSR count). The van der Waals surface area contributed by atoms with Crippen LogP contribution in [-0.2, 0) is 0 Å². The molecule has 1 N–H and O–H groups in total. The maximum absolute atomic E-state index is 14.0. The summed E-state index contributed by atoms with van der Waals surface area (Å²) in [7, 11) is 5.40. The van der Waals surface area contributed by atoms with Gasteiger partial charge >= 0.3 is 0 Å². The van der Waals surface area contributed by atoms with Crippen LogP contribution in [0, 0.1) is 0 Å². The normalized spacial score (nSPS) is 23.2. The van der Waals surface area contributed by atoms with Crippen LogP contribution in [0.25, 0.3) is 0 Å². The number of hydrogen-bond acceptors (Lipinski definition) is 6. The number of aliphatic imine (C=N–C) groups is 2. The SMILES string of the molecule is C=C[C@]1(O)C[C@@H](N(C)c2ncnc(N=CN(C)C)c2N=C)C=C1F. The Balaban J connectivity index is 2.37. The molecule has 0 aliphatic heterocycles. The standard InChI is InChI=1S/C16H21FN6O/c1-6-16(24)8-11(7-12(16)17)23(5)15-13(18-2)14(19-9-20-15)21-10-22(3)4/h6-7,9-11,24H,1-2,8H2,3-5H3/t11-,16-/m0/s1. The van der Waals surface area contributed by atoms with Gasteiger partial charge < -0.3 is 14.9 Å². The smallest absolute Gasteiger partial charge is 0.184 e. The molecule has 0 unspecified atom stereocenters. The molecule has 0 saturated carbocycles. The first-order valence-corrected chi connectivity index (χ1v) is 7.31. The van der Waals surface area contributed by atoms with Gasteiger partial charge in [0.25, 0.3) is 0 Å². The molecule has 0 radical (unpaired) electrons. The summed E-state index contributed by atoms with van der Waals surface area (Å²) in [5, 5.41) is 10.2. The van der Waals surface area contributed by atoms with Crippen LogP contribution in [0.3, 0.4) is 0 Å². The molecule has 0 spiro atoms. The molecule has 1 aliphatic carbocycles. The molecule has 2 atom stereocenters. The summed E-state index contributed by atoms with van der Waals surface area (Å²) in [4.78, 5) is 20.0. The summed E-state index contributed by atoms with van der Waals surface area (Å²) in [6, 6.07) is -0.408. The topological polar surface area (TPSA) is 77.2 Å². The Morgan fingerprint density at radius 3 is 2.67 bits per heavy atom. The summed E-state index contributed by atoms with van der Waals surface area (Å²) in [5.41, 5.74) is -1.26. The third-order valence-corrected chi connectivity index (χ3v) is 3.79. The highest BCUT2D eigenvalue weighted by Gasteiger charge is 2.40. The van der Waals surface area contributed by atoms with Gasteiger partial charge in [-0.05, 0) is 12.8 Å². The lowest BCUT2D eigenvalue weighted by molar-refractivity contribution is 0.104. The minimum atomic E-state index is -1.65. The lowest BCUT2D eigenvalue weighted by Gasteiger charge is -2.27. The van der Waals surface area contributed by atoms with E-state index >= 15 is 0 Å². The minimum Gasteiger partial charge on any atom is -0.379 e. The first-order valence-electron chi connectivity index (χ1n) is 7.31. The Morgan fingerprint density at radius 1 is 1.42 bits per heavy atom. The Hall–Kier alpha value is -2.61. The fraction of sp³-hybridized carbons (Fsp3) is 0.375. The second kappa shape index (κ2) is 6.88. The van der Waals surface area contributed by atoms with Gasteiger partial charge in [0.1, 0.15) is 23.4 Å². The third-order valence-electron chi connectivity index (χ3n) is 3.79. The van der Waals surface area contributed by atoms with Crippen molar-refractivity contribution in [1.82, 2.24) is 14.9 Å². The minimum absolute atomic E-state index is 0.135. The number of hydrogen-bond donors (Lipinski definition) is 1. The van der Waals surface area contributed by atoms with Crippen LogP contribution in [0.15, 0.2) is 40.9 Å². The van der Waals surface area contributed by atoms with Crippen molar-refractivity contribution in [3.05, 3.63) is 30.9 Å². The number of anilines is 1. The van der Waals surface area contributed by atoms with Crippen LogP contribution < -0.4 is 4.90 Å². The van der Waals surface area contributed by atoms with E-state index in [2.05, 4.69) is 33.2 Å². The van der Waals surface area contributed by atoms with E-state index in [1.165, 1.54) is 18.5 Å². The molecule has 1 aliphatic rings. The zero-order chi connectivity index (χ0) is 17.9. The highest BCUT2D eigenvalue weighted by molar-refractivity contribution is 5.77. The van der Waals surface area contributed by atoms with Crippen LogP contribution in [0.2, 0.25) is 0 Å². The molecule has 0 amide bonds. The van der Waals surface area contributed by atoms with Crippen LogP contribution >= 0.6 is 0 Å². The number of aliphatic hydroxyl groups is 1. The van der Waals surface area contributed by atoms with E-state index in [1.54, 1.807) is 23.2 Å². The van der Waals surface area contributed by atoms with Crippen molar-refractivity contribution in [2.75, 3.05) is 26.0 Å². The molecule has 0 fully saturated rings. The van der Waals surface area contributed by atoms with Gasteiger partial charge in [-0.25, -0.2) is 19.4 Å². The van der Waals surface area contributed by atoms with Crippen molar-refractivity contribution in [2.45, 2.75) is 18.1 Å². The molecular weight excluding hydrogens is 311 g/mol. The van der Waals surface area contributed by atoms with Gasteiger partial charge in [0, 0.05) is 27.6 Å². The molecule has 0 bridgehead atoms. The molecule has 128 valence electrons. The van der Waals surface area contributed by atoms with Crippen molar-refractivity contribution in [3.8, 4) is 0 Å². The van der Waals surface area contributed by atoms with Crippen molar-refractivity contribution in [2.24, 2.45) is 9.98 Å². The maximum Gasteiger partial charge on any atom is 0.184 e.